The van der Waals surface area contributed by atoms with E-state index in [1.54, 1.807) is 0 Å². The van der Waals surface area contributed by atoms with E-state index in [0.29, 0.717) is 19.2 Å². The molecule has 0 unspecified atom stereocenters. The highest BCUT2D eigenvalue weighted by atomic mass is 35.5. The van der Waals surface area contributed by atoms with Crippen LogP contribution in [0.25, 0.3) is 0 Å². The summed E-state index contributed by atoms with van der Waals surface area (Å²) in [5.74, 6) is -2.08. The number of benzene rings is 1. The number of nitrogens with two attached hydrogens (primary N) is 1. The number of nitrogens with one attached hydrogen (secondary N) is 1. The molecule has 0 aliphatic heterocycles. The van der Waals surface area contributed by atoms with Crippen molar-refractivity contribution < 1.29 is 13.6 Å². The average molecular weight is 265 g/mol. The molecule has 0 fully saturated rings. The molecule has 3 N–H and O–H groups in total. The summed E-state index contributed by atoms with van der Waals surface area (Å²) in [6.45, 7) is 0.994. The average Bonchev–Trinajstić information content (AvgIpc) is 2.24. The Bertz CT molecular complexity index is 374. The zero-order chi connectivity index (χ0) is 12.0. The minimum Gasteiger partial charge on any atom is -0.352 e. The second-order valence-corrected chi connectivity index (χ2v) is 3.38. The predicted molar refractivity (Wildman–Crippen MR) is 64.2 cm³/mol. The van der Waals surface area contributed by atoms with Gasteiger partial charge in [0.05, 0.1) is 5.56 Å². The summed E-state index contributed by atoms with van der Waals surface area (Å²) in [6.07, 6.45) is 1.54. The van der Waals surface area contributed by atoms with E-state index in [-0.39, 0.29) is 18.0 Å². The van der Waals surface area contributed by atoms with Gasteiger partial charge in [-0.25, -0.2) is 8.78 Å². The van der Waals surface area contributed by atoms with Crippen molar-refractivity contribution in [2.75, 3.05) is 13.1 Å². The van der Waals surface area contributed by atoms with Gasteiger partial charge in [-0.1, -0.05) is 0 Å². The molecule has 1 aromatic carbocycles. The number of carbonyl (C=O) groups excluding carboxylic acids is 1. The Morgan fingerprint density at radius 1 is 1.29 bits per heavy atom. The van der Waals surface area contributed by atoms with Crippen LogP contribution in [0.4, 0.5) is 8.78 Å². The van der Waals surface area contributed by atoms with Gasteiger partial charge in [0.2, 0.25) is 0 Å². The van der Waals surface area contributed by atoms with Crippen LogP contribution in [-0.2, 0) is 0 Å². The molecule has 0 atom stereocenters. The van der Waals surface area contributed by atoms with E-state index in [1.807, 2.05) is 0 Å². The Balaban J connectivity index is 0.00000256. The minimum atomic E-state index is -0.851. The van der Waals surface area contributed by atoms with Gasteiger partial charge in [0.15, 0.2) is 0 Å². The number of hydrogen-bond donors (Lipinski definition) is 2. The van der Waals surface area contributed by atoms with Gasteiger partial charge in [-0.05, 0) is 31.5 Å². The molecule has 0 spiro atoms. The normalized spacial score (nSPS) is 9.59. The molecular formula is C11H15ClF2N2O. The number of amides is 1. The van der Waals surface area contributed by atoms with E-state index in [1.165, 1.54) is 0 Å². The second-order valence-electron chi connectivity index (χ2n) is 3.38. The van der Waals surface area contributed by atoms with Gasteiger partial charge in [0, 0.05) is 12.6 Å². The van der Waals surface area contributed by atoms with Crippen LogP contribution in [-0.4, -0.2) is 19.0 Å². The van der Waals surface area contributed by atoms with Gasteiger partial charge in [0.25, 0.3) is 5.91 Å². The third-order valence-corrected chi connectivity index (χ3v) is 2.09. The van der Waals surface area contributed by atoms with E-state index in [2.05, 4.69) is 5.32 Å². The molecule has 3 nitrogen and oxygen atoms in total. The van der Waals surface area contributed by atoms with Gasteiger partial charge >= 0.3 is 0 Å². The molecule has 0 aliphatic rings. The highest BCUT2D eigenvalue weighted by Crippen LogP contribution is 2.09. The second kappa shape index (κ2) is 7.97. The summed E-state index contributed by atoms with van der Waals surface area (Å²) >= 11 is 0. The summed E-state index contributed by atoms with van der Waals surface area (Å²) in [7, 11) is 0. The maximum atomic E-state index is 13.2. The first-order valence-electron chi connectivity index (χ1n) is 5.08. The van der Waals surface area contributed by atoms with Crippen LogP contribution >= 0.6 is 12.4 Å². The molecule has 17 heavy (non-hydrogen) atoms. The van der Waals surface area contributed by atoms with Crippen molar-refractivity contribution in [3.63, 3.8) is 0 Å². The van der Waals surface area contributed by atoms with Crippen LogP contribution < -0.4 is 11.1 Å². The fraction of sp³-hybridized carbons (Fsp3) is 0.364. The van der Waals surface area contributed by atoms with Crippen molar-refractivity contribution >= 4 is 18.3 Å². The lowest BCUT2D eigenvalue weighted by Crippen LogP contribution is -2.25. The van der Waals surface area contributed by atoms with Gasteiger partial charge in [-0.3, -0.25) is 4.79 Å². The first-order chi connectivity index (χ1) is 7.65. The Morgan fingerprint density at radius 2 is 2.00 bits per heavy atom. The van der Waals surface area contributed by atoms with Crippen molar-refractivity contribution in [3.05, 3.63) is 35.4 Å². The monoisotopic (exact) mass is 264 g/mol. The third kappa shape index (κ3) is 5.10. The number of halogens is 3. The highest BCUT2D eigenvalue weighted by molar-refractivity contribution is 5.94. The van der Waals surface area contributed by atoms with Gasteiger partial charge in [-0.2, -0.15) is 0 Å². The van der Waals surface area contributed by atoms with Crippen molar-refractivity contribution in [1.29, 1.82) is 0 Å². The smallest absolute Gasteiger partial charge is 0.254 e. The fourth-order valence-corrected chi connectivity index (χ4v) is 1.24. The van der Waals surface area contributed by atoms with Crippen molar-refractivity contribution in [1.82, 2.24) is 5.32 Å². The minimum absolute atomic E-state index is 0. The molecule has 0 saturated carbocycles. The Hall–Kier alpha value is -1.20. The standard InChI is InChI=1S/C11H14F2N2O.ClH/c12-8-3-4-9(10(13)7-8)11(16)15-6-2-1-5-14;/h3-4,7H,1-2,5-6,14H2,(H,15,16);1H. The predicted octanol–water partition coefficient (Wildman–Crippen LogP) is 1.86. The van der Waals surface area contributed by atoms with E-state index < -0.39 is 17.5 Å². The lowest BCUT2D eigenvalue weighted by molar-refractivity contribution is 0.0949. The molecule has 0 bridgehead atoms. The fourth-order valence-electron chi connectivity index (χ4n) is 1.24. The molecule has 96 valence electrons. The Morgan fingerprint density at radius 3 is 2.59 bits per heavy atom. The van der Waals surface area contributed by atoms with Gasteiger partial charge in [-0.15, -0.1) is 12.4 Å². The van der Waals surface area contributed by atoms with E-state index >= 15 is 0 Å². The number of unbranched alkanes of at least 4 members (excludes halogenated alkanes) is 1. The van der Waals surface area contributed by atoms with E-state index in [0.717, 1.165) is 25.0 Å². The Kier molecular flexibility index (Phi) is 7.41. The third-order valence-electron chi connectivity index (χ3n) is 2.09. The van der Waals surface area contributed by atoms with Crippen LogP contribution in [0.1, 0.15) is 23.2 Å². The van der Waals surface area contributed by atoms with Crippen molar-refractivity contribution in [2.45, 2.75) is 12.8 Å². The maximum absolute atomic E-state index is 13.2. The molecular weight excluding hydrogens is 250 g/mol. The quantitative estimate of drug-likeness (QED) is 0.798. The van der Waals surface area contributed by atoms with Crippen LogP contribution in [0.2, 0.25) is 0 Å². The molecule has 0 saturated heterocycles. The molecule has 1 aromatic rings. The summed E-state index contributed by atoms with van der Waals surface area (Å²) in [4.78, 5) is 11.4. The molecule has 6 heteroatoms. The first-order valence-corrected chi connectivity index (χ1v) is 5.08. The highest BCUT2D eigenvalue weighted by Gasteiger charge is 2.11. The SMILES string of the molecule is Cl.NCCCCNC(=O)c1ccc(F)cc1F. The van der Waals surface area contributed by atoms with Gasteiger partial charge < -0.3 is 11.1 Å². The molecule has 1 rings (SSSR count). The van der Waals surface area contributed by atoms with Crippen LogP contribution in [0.15, 0.2) is 18.2 Å². The summed E-state index contributed by atoms with van der Waals surface area (Å²) in [5.41, 5.74) is 5.14. The lowest BCUT2D eigenvalue weighted by atomic mass is 10.2. The first kappa shape index (κ1) is 15.8. The number of hydrogen-bond acceptors (Lipinski definition) is 2. The number of rotatable bonds is 5. The molecule has 0 heterocycles. The van der Waals surface area contributed by atoms with Crippen molar-refractivity contribution in [2.24, 2.45) is 5.73 Å². The summed E-state index contributed by atoms with van der Waals surface area (Å²) < 4.78 is 25.7. The zero-order valence-electron chi connectivity index (χ0n) is 9.21. The topological polar surface area (TPSA) is 55.1 Å². The van der Waals surface area contributed by atoms with Gasteiger partial charge in [0.1, 0.15) is 11.6 Å². The summed E-state index contributed by atoms with van der Waals surface area (Å²) in [5, 5.41) is 2.54. The molecule has 1 amide bonds. The molecule has 0 radical (unpaired) electrons. The molecule has 0 aromatic heterocycles. The van der Waals surface area contributed by atoms with E-state index in [4.69, 9.17) is 5.73 Å². The zero-order valence-corrected chi connectivity index (χ0v) is 10.0. The largest absolute Gasteiger partial charge is 0.352 e. The lowest BCUT2D eigenvalue weighted by Gasteiger charge is -2.05. The van der Waals surface area contributed by atoms with E-state index in [9.17, 15) is 13.6 Å². The van der Waals surface area contributed by atoms with Crippen LogP contribution in [0.3, 0.4) is 0 Å². The van der Waals surface area contributed by atoms with Crippen molar-refractivity contribution in [3.8, 4) is 0 Å². The van der Waals surface area contributed by atoms with Crippen LogP contribution in [0, 0.1) is 11.6 Å². The summed E-state index contributed by atoms with van der Waals surface area (Å²) in [6, 6.07) is 2.87. The van der Waals surface area contributed by atoms with Crippen LogP contribution in [0.5, 0.6) is 0 Å². The molecule has 0 aliphatic carbocycles. The number of carbonyl (C=O) groups is 1. The maximum Gasteiger partial charge on any atom is 0.254 e. The Labute approximate surface area is 105 Å².